The molecule has 1 saturated heterocycles. The monoisotopic (exact) mass is 348 g/mol. The normalized spacial score (nSPS) is 23.6. The number of anilines is 1. The van der Waals surface area contributed by atoms with Gasteiger partial charge >= 0.3 is 0 Å². The van der Waals surface area contributed by atoms with Crippen molar-refractivity contribution in [2.75, 3.05) is 12.3 Å². The lowest BCUT2D eigenvalue weighted by atomic mass is 10.2. The molecular formula is C13H16N8O4. The zero-order valence-electron chi connectivity index (χ0n) is 13.2. The molecule has 0 unspecified atom stereocenters. The van der Waals surface area contributed by atoms with Crippen LogP contribution in [0, 0.1) is 0 Å². The van der Waals surface area contributed by atoms with E-state index in [1.54, 1.807) is 17.8 Å². The molecule has 25 heavy (non-hydrogen) atoms. The Hall–Kier alpha value is -2.83. The number of aryl methyl sites for hydroxylation is 1. The van der Waals surface area contributed by atoms with E-state index in [9.17, 15) is 15.0 Å². The van der Waals surface area contributed by atoms with Crippen LogP contribution in [0.1, 0.15) is 12.6 Å². The number of nitrogens with zero attached hydrogens (tertiary/aromatic N) is 6. The minimum Gasteiger partial charge on any atom is -0.394 e. The first-order chi connectivity index (χ1) is 12.0. The maximum Gasteiger partial charge on any atom is 0.280 e. The quantitative estimate of drug-likeness (QED) is 0.423. The number of nitrogen functional groups attached to an aromatic ring is 1. The fourth-order valence-corrected chi connectivity index (χ4v) is 2.94. The lowest BCUT2D eigenvalue weighted by Gasteiger charge is -2.15. The number of H-pyrrole nitrogens is 1. The van der Waals surface area contributed by atoms with Crippen LogP contribution in [-0.2, 0) is 11.8 Å². The first-order valence-corrected chi connectivity index (χ1v) is 7.56. The highest BCUT2D eigenvalue weighted by molar-refractivity contribution is 5.76. The first-order valence-electron chi connectivity index (χ1n) is 7.56. The largest absolute Gasteiger partial charge is 0.394 e. The van der Waals surface area contributed by atoms with Crippen molar-refractivity contribution >= 4 is 17.1 Å². The van der Waals surface area contributed by atoms with Crippen LogP contribution in [0.5, 0.6) is 0 Å². The minimum absolute atomic E-state index is 0.0680. The molecule has 4 heterocycles. The van der Waals surface area contributed by atoms with E-state index in [-0.39, 0.29) is 30.1 Å². The van der Waals surface area contributed by atoms with Crippen molar-refractivity contribution in [3.63, 3.8) is 0 Å². The van der Waals surface area contributed by atoms with Crippen molar-refractivity contribution < 1.29 is 14.9 Å². The molecule has 3 aromatic rings. The van der Waals surface area contributed by atoms with Crippen LogP contribution in [-0.4, -0.2) is 63.5 Å². The highest BCUT2D eigenvalue weighted by Crippen LogP contribution is 2.34. The lowest BCUT2D eigenvalue weighted by molar-refractivity contribution is -0.0427. The highest BCUT2D eigenvalue weighted by Gasteiger charge is 2.37. The predicted molar refractivity (Wildman–Crippen MR) is 84.2 cm³/mol. The molecule has 0 amide bonds. The summed E-state index contributed by atoms with van der Waals surface area (Å²) in [6.07, 6.45) is -0.469. The summed E-state index contributed by atoms with van der Waals surface area (Å²) in [7, 11) is 1.70. The molecule has 3 atom stereocenters. The number of imidazole rings is 1. The molecule has 0 aliphatic carbocycles. The third-order valence-electron chi connectivity index (χ3n) is 4.07. The first kappa shape index (κ1) is 15.7. The van der Waals surface area contributed by atoms with Gasteiger partial charge in [0.2, 0.25) is 5.95 Å². The molecule has 0 spiro atoms. The Labute approximate surface area is 139 Å². The fourth-order valence-electron chi connectivity index (χ4n) is 2.94. The van der Waals surface area contributed by atoms with Gasteiger partial charge in [-0.1, -0.05) is 5.21 Å². The summed E-state index contributed by atoms with van der Waals surface area (Å²) in [5, 5.41) is 27.2. The molecule has 4 rings (SSSR count). The summed E-state index contributed by atoms with van der Waals surface area (Å²) in [6.45, 7) is -0.332. The van der Waals surface area contributed by atoms with Gasteiger partial charge in [0.05, 0.1) is 18.9 Å². The molecular weight excluding hydrogens is 332 g/mol. The SMILES string of the molecule is Cn1cc(-c2nc3c(=O)[nH]c(N)nc3n2[C@H]2C[C@H](O)[C@@H](CO)O2)nn1. The molecule has 1 aliphatic heterocycles. The fraction of sp³-hybridized carbons (Fsp3) is 0.462. The number of aliphatic hydroxyl groups is 2. The standard InChI is InChI=1S/C13H16N8O4/c1-20-3-5(18-19-20)10-15-9-11(16-13(14)17-12(9)24)21(10)8-2-6(23)7(4-22)25-8/h3,6-8,22-23H,2,4H2,1H3,(H3,14,16,17,24)/t6-,7+,8+/m0/s1. The molecule has 12 nitrogen and oxygen atoms in total. The van der Waals surface area contributed by atoms with Gasteiger partial charge in [-0.25, -0.2) is 4.98 Å². The van der Waals surface area contributed by atoms with Crippen molar-refractivity contribution in [3.8, 4) is 11.5 Å². The van der Waals surface area contributed by atoms with Crippen LogP contribution >= 0.6 is 0 Å². The summed E-state index contributed by atoms with van der Waals surface area (Å²) < 4.78 is 8.74. The summed E-state index contributed by atoms with van der Waals surface area (Å²) in [5.41, 5.74) is 5.84. The number of ether oxygens (including phenoxy) is 1. The van der Waals surface area contributed by atoms with E-state index in [1.807, 2.05) is 0 Å². The Kier molecular flexibility index (Phi) is 3.52. The van der Waals surface area contributed by atoms with Crippen LogP contribution in [0.25, 0.3) is 22.7 Å². The Bertz CT molecular complexity index is 992. The smallest absolute Gasteiger partial charge is 0.280 e. The maximum absolute atomic E-state index is 12.2. The number of aromatic amines is 1. The van der Waals surface area contributed by atoms with Crippen molar-refractivity contribution in [3.05, 3.63) is 16.6 Å². The van der Waals surface area contributed by atoms with Crippen LogP contribution < -0.4 is 11.3 Å². The van der Waals surface area contributed by atoms with Crippen LogP contribution in [0.2, 0.25) is 0 Å². The van der Waals surface area contributed by atoms with Crippen LogP contribution in [0.4, 0.5) is 5.95 Å². The predicted octanol–water partition coefficient (Wildman–Crippen LogP) is -1.86. The molecule has 1 fully saturated rings. The minimum atomic E-state index is -0.860. The van der Waals surface area contributed by atoms with Gasteiger partial charge in [-0.3, -0.25) is 19.0 Å². The molecule has 5 N–H and O–H groups in total. The second-order valence-corrected chi connectivity index (χ2v) is 5.82. The van der Waals surface area contributed by atoms with E-state index in [0.29, 0.717) is 11.5 Å². The number of aromatic nitrogens is 7. The number of fused-ring (bicyclic) bond motifs is 1. The van der Waals surface area contributed by atoms with Gasteiger partial charge in [0.1, 0.15) is 18.0 Å². The van der Waals surface area contributed by atoms with Gasteiger partial charge in [0.15, 0.2) is 17.0 Å². The molecule has 132 valence electrons. The Morgan fingerprint density at radius 3 is 2.92 bits per heavy atom. The van der Waals surface area contributed by atoms with Crippen molar-refractivity contribution in [1.82, 2.24) is 34.5 Å². The topological polar surface area (TPSA) is 170 Å². The van der Waals surface area contributed by atoms with Gasteiger partial charge in [-0.2, -0.15) is 4.98 Å². The Morgan fingerprint density at radius 2 is 2.28 bits per heavy atom. The molecule has 0 saturated carbocycles. The Balaban J connectivity index is 1.95. The molecule has 0 radical (unpaired) electrons. The molecule has 1 aliphatic rings. The second-order valence-electron chi connectivity index (χ2n) is 5.82. The van der Waals surface area contributed by atoms with E-state index in [0.717, 1.165) is 0 Å². The van der Waals surface area contributed by atoms with E-state index < -0.39 is 24.0 Å². The van der Waals surface area contributed by atoms with Gasteiger partial charge in [0.25, 0.3) is 5.56 Å². The molecule has 0 aromatic carbocycles. The van der Waals surface area contributed by atoms with E-state index >= 15 is 0 Å². The summed E-state index contributed by atoms with van der Waals surface area (Å²) in [6, 6.07) is 0. The van der Waals surface area contributed by atoms with Crippen molar-refractivity contribution in [2.24, 2.45) is 7.05 Å². The average molecular weight is 348 g/mol. The Morgan fingerprint density at radius 1 is 1.48 bits per heavy atom. The van der Waals surface area contributed by atoms with Gasteiger partial charge in [0, 0.05) is 13.5 Å². The third-order valence-corrected chi connectivity index (χ3v) is 4.07. The number of nitrogens with one attached hydrogen (secondary N) is 1. The third kappa shape index (κ3) is 2.47. The zero-order chi connectivity index (χ0) is 17.7. The summed E-state index contributed by atoms with van der Waals surface area (Å²) in [5.74, 6) is 0.240. The number of aliphatic hydroxyl groups excluding tert-OH is 2. The van der Waals surface area contributed by atoms with E-state index in [1.165, 1.54) is 4.68 Å². The molecule has 0 bridgehead atoms. The number of hydrogen-bond acceptors (Lipinski definition) is 9. The molecule has 12 heteroatoms. The van der Waals surface area contributed by atoms with Crippen molar-refractivity contribution in [1.29, 1.82) is 0 Å². The summed E-state index contributed by atoms with van der Waals surface area (Å²) >= 11 is 0. The number of hydrogen-bond donors (Lipinski definition) is 4. The lowest BCUT2D eigenvalue weighted by Crippen LogP contribution is -2.24. The number of nitrogens with two attached hydrogens (primary N) is 1. The number of rotatable bonds is 3. The van der Waals surface area contributed by atoms with Crippen LogP contribution in [0.3, 0.4) is 0 Å². The van der Waals surface area contributed by atoms with E-state index in [2.05, 4.69) is 25.3 Å². The average Bonchev–Trinajstić information content (AvgIpc) is 3.23. The highest BCUT2D eigenvalue weighted by atomic mass is 16.5. The molecule has 3 aromatic heterocycles. The van der Waals surface area contributed by atoms with Crippen LogP contribution in [0.15, 0.2) is 11.0 Å². The van der Waals surface area contributed by atoms with Gasteiger partial charge in [-0.05, 0) is 0 Å². The van der Waals surface area contributed by atoms with Gasteiger partial charge in [-0.15, -0.1) is 5.10 Å². The zero-order valence-corrected chi connectivity index (χ0v) is 13.2. The summed E-state index contributed by atoms with van der Waals surface area (Å²) in [4.78, 5) is 23.0. The van der Waals surface area contributed by atoms with Gasteiger partial charge < -0.3 is 20.7 Å². The maximum atomic E-state index is 12.2. The second kappa shape index (κ2) is 5.61. The van der Waals surface area contributed by atoms with E-state index in [4.69, 9.17) is 10.5 Å². The van der Waals surface area contributed by atoms with Crippen molar-refractivity contribution in [2.45, 2.75) is 24.9 Å².